The molecule has 0 unspecified atom stereocenters. The van der Waals surface area contributed by atoms with Crippen molar-refractivity contribution >= 4 is 49.8 Å². The number of likely N-dealkylation sites (tertiary alicyclic amines) is 1. The van der Waals surface area contributed by atoms with Crippen molar-refractivity contribution in [2.24, 2.45) is 0 Å². The van der Waals surface area contributed by atoms with Gasteiger partial charge >= 0.3 is 0 Å². The van der Waals surface area contributed by atoms with Crippen LogP contribution in [0.3, 0.4) is 0 Å². The molecular formula is C29H26ClN3O4S. The lowest BCUT2D eigenvalue weighted by molar-refractivity contribution is 0.0713. The fourth-order valence-electron chi connectivity index (χ4n) is 4.75. The van der Waals surface area contributed by atoms with Crippen LogP contribution in [0.1, 0.15) is 45.0 Å². The molecule has 1 fully saturated rings. The molecular weight excluding hydrogens is 522 g/mol. The number of halogens is 1. The van der Waals surface area contributed by atoms with Crippen molar-refractivity contribution < 1.29 is 18.0 Å². The Hall–Kier alpha value is -3.75. The summed E-state index contributed by atoms with van der Waals surface area (Å²) in [6, 6.07) is 21.1. The summed E-state index contributed by atoms with van der Waals surface area (Å²) in [5, 5.41) is 3.91. The predicted molar refractivity (Wildman–Crippen MR) is 149 cm³/mol. The van der Waals surface area contributed by atoms with Crippen LogP contribution in [0.5, 0.6) is 0 Å². The van der Waals surface area contributed by atoms with E-state index in [0.717, 1.165) is 35.6 Å². The van der Waals surface area contributed by atoms with Gasteiger partial charge in [0.1, 0.15) is 0 Å². The fraction of sp³-hybridized carbons (Fsp3) is 0.207. The molecule has 9 heteroatoms. The topological polar surface area (TPSA) is 96.4 Å². The number of carbonyl (C=O) groups excluding carboxylic acids is 2. The maximum absolute atomic E-state index is 13.1. The van der Waals surface area contributed by atoms with Gasteiger partial charge in [-0.2, -0.15) is 0 Å². The number of rotatable bonds is 5. The van der Waals surface area contributed by atoms with Gasteiger partial charge in [-0.25, -0.2) is 8.42 Å². The third-order valence-electron chi connectivity index (χ3n) is 6.88. The zero-order valence-electron chi connectivity index (χ0n) is 20.7. The number of pyridine rings is 1. The molecule has 0 aliphatic carbocycles. The Kier molecular flexibility index (Phi) is 7.19. The van der Waals surface area contributed by atoms with Crippen molar-refractivity contribution in [3.05, 3.63) is 101 Å². The molecule has 194 valence electrons. The Bertz CT molecular complexity index is 1630. The summed E-state index contributed by atoms with van der Waals surface area (Å²) in [5.41, 5.74) is 3.36. The first-order chi connectivity index (χ1) is 18.2. The highest BCUT2D eigenvalue weighted by molar-refractivity contribution is 7.90. The van der Waals surface area contributed by atoms with Crippen LogP contribution < -0.4 is 5.32 Å². The summed E-state index contributed by atoms with van der Waals surface area (Å²) in [4.78, 5) is 32.1. The van der Waals surface area contributed by atoms with Crippen molar-refractivity contribution in [2.75, 3.05) is 24.7 Å². The van der Waals surface area contributed by atoms with Gasteiger partial charge in [0.05, 0.1) is 21.0 Å². The lowest BCUT2D eigenvalue weighted by atomic mass is 9.89. The second kappa shape index (κ2) is 10.6. The Morgan fingerprint density at radius 1 is 0.974 bits per heavy atom. The van der Waals surface area contributed by atoms with Crippen molar-refractivity contribution in [1.82, 2.24) is 9.88 Å². The summed E-state index contributed by atoms with van der Waals surface area (Å²) >= 11 is 6.15. The molecule has 5 rings (SSSR count). The molecule has 2 heterocycles. The van der Waals surface area contributed by atoms with Gasteiger partial charge in [-0.3, -0.25) is 14.6 Å². The van der Waals surface area contributed by atoms with Crippen LogP contribution in [0.25, 0.3) is 10.9 Å². The number of benzene rings is 3. The van der Waals surface area contributed by atoms with E-state index in [1.54, 1.807) is 6.20 Å². The number of fused-ring (bicyclic) bond motifs is 1. The molecule has 3 aromatic carbocycles. The molecule has 1 N–H and O–H groups in total. The van der Waals surface area contributed by atoms with Crippen LogP contribution in [0.2, 0.25) is 5.02 Å². The van der Waals surface area contributed by atoms with Gasteiger partial charge in [0.2, 0.25) is 0 Å². The van der Waals surface area contributed by atoms with Gasteiger partial charge < -0.3 is 10.2 Å². The number of amides is 2. The quantitative estimate of drug-likeness (QED) is 0.352. The van der Waals surface area contributed by atoms with Crippen molar-refractivity contribution in [3.63, 3.8) is 0 Å². The van der Waals surface area contributed by atoms with Crippen LogP contribution in [0.15, 0.2) is 83.9 Å². The highest BCUT2D eigenvalue weighted by Gasteiger charge is 2.25. The molecule has 7 nitrogen and oxygen atoms in total. The van der Waals surface area contributed by atoms with Gasteiger partial charge in [0, 0.05) is 42.2 Å². The number of piperidine rings is 1. The molecule has 38 heavy (non-hydrogen) atoms. The summed E-state index contributed by atoms with van der Waals surface area (Å²) in [7, 11) is -3.47. The molecule has 4 aromatic rings. The number of hydrogen-bond donors (Lipinski definition) is 1. The minimum Gasteiger partial charge on any atom is -0.339 e. The lowest BCUT2D eigenvalue weighted by Gasteiger charge is -2.32. The summed E-state index contributed by atoms with van der Waals surface area (Å²) < 4.78 is 23.7. The molecule has 0 bridgehead atoms. The second-order valence-electron chi connectivity index (χ2n) is 9.47. The normalized spacial score (nSPS) is 14.4. The van der Waals surface area contributed by atoms with E-state index in [9.17, 15) is 18.0 Å². The summed E-state index contributed by atoms with van der Waals surface area (Å²) in [6.45, 7) is 1.34. The minimum absolute atomic E-state index is 0.0323. The average Bonchev–Trinajstić information content (AvgIpc) is 2.92. The van der Waals surface area contributed by atoms with Gasteiger partial charge in [-0.15, -0.1) is 0 Å². The number of hydrogen-bond acceptors (Lipinski definition) is 5. The Labute approximate surface area is 226 Å². The summed E-state index contributed by atoms with van der Waals surface area (Å²) in [5.74, 6) is -0.138. The first kappa shape index (κ1) is 25.9. The SMILES string of the molecule is CS(=O)(=O)c1ccc(Cl)c(C(=O)Nc2ccc(C3CCN(C(=O)c4ccc5ncccc5c4)CC3)cc2)c1. The predicted octanol–water partition coefficient (Wildman–Crippen LogP) is 5.56. The number of nitrogens with zero attached hydrogens (tertiary/aromatic N) is 2. The highest BCUT2D eigenvalue weighted by atomic mass is 35.5. The van der Waals surface area contributed by atoms with Crippen LogP contribution in [-0.4, -0.2) is 49.5 Å². The Morgan fingerprint density at radius 2 is 1.71 bits per heavy atom. The van der Waals surface area contributed by atoms with Gasteiger partial charge in [0.15, 0.2) is 9.84 Å². The molecule has 0 atom stereocenters. The first-order valence-electron chi connectivity index (χ1n) is 12.2. The molecule has 0 saturated carbocycles. The molecule has 1 aliphatic heterocycles. The largest absolute Gasteiger partial charge is 0.339 e. The Morgan fingerprint density at radius 3 is 2.42 bits per heavy atom. The fourth-order valence-corrected chi connectivity index (χ4v) is 5.60. The van der Waals surface area contributed by atoms with Crippen molar-refractivity contribution in [2.45, 2.75) is 23.7 Å². The van der Waals surface area contributed by atoms with E-state index < -0.39 is 15.7 Å². The minimum atomic E-state index is -3.47. The Balaban J connectivity index is 1.20. The van der Waals surface area contributed by atoms with E-state index in [4.69, 9.17) is 11.6 Å². The van der Waals surface area contributed by atoms with Crippen LogP contribution >= 0.6 is 11.6 Å². The van der Waals surface area contributed by atoms with E-state index in [2.05, 4.69) is 10.3 Å². The molecule has 1 aliphatic rings. The zero-order chi connectivity index (χ0) is 26.9. The number of nitrogens with one attached hydrogen (secondary N) is 1. The van der Waals surface area contributed by atoms with Crippen molar-refractivity contribution in [3.8, 4) is 0 Å². The van der Waals surface area contributed by atoms with Gasteiger partial charge in [-0.1, -0.05) is 29.8 Å². The third-order valence-corrected chi connectivity index (χ3v) is 8.32. The summed E-state index contributed by atoms with van der Waals surface area (Å²) in [6.07, 6.45) is 4.52. The molecule has 1 saturated heterocycles. The van der Waals surface area contributed by atoms with E-state index >= 15 is 0 Å². The molecule has 0 radical (unpaired) electrons. The smallest absolute Gasteiger partial charge is 0.257 e. The zero-order valence-corrected chi connectivity index (χ0v) is 22.3. The molecule has 0 spiro atoms. The monoisotopic (exact) mass is 547 g/mol. The first-order valence-corrected chi connectivity index (χ1v) is 14.5. The lowest BCUT2D eigenvalue weighted by Crippen LogP contribution is -2.37. The van der Waals surface area contributed by atoms with Gasteiger partial charge in [0.25, 0.3) is 11.8 Å². The van der Waals surface area contributed by atoms with E-state index in [1.165, 1.54) is 18.2 Å². The number of anilines is 1. The maximum Gasteiger partial charge on any atom is 0.257 e. The number of sulfone groups is 1. The van der Waals surface area contributed by atoms with E-state index in [0.29, 0.717) is 30.3 Å². The number of aromatic nitrogens is 1. The standard InChI is InChI=1S/C29H26ClN3O4S/c1-38(36,37)24-9-10-26(30)25(18-24)28(34)32-23-7-4-19(5-8-23)20-12-15-33(16-13-20)29(35)22-6-11-27-21(17-22)3-2-14-31-27/h2-11,14,17-18,20H,12-13,15-16H2,1H3,(H,32,34). The third kappa shape index (κ3) is 5.56. The molecule has 1 aromatic heterocycles. The van der Waals surface area contributed by atoms with Crippen LogP contribution in [0.4, 0.5) is 5.69 Å². The van der Waals surface area contributed by atoms with Gasteiger partial charge in [-0.05, 0) is 78.9 Å². The van der Waals surface area contributed by atoms with E-state index in [-0.39, 0.29) is 21.4 Å². The van der Waals surface area contributed by atoms with Crippen molar-refractivity contribution in [1.29, 1.82) is 0 Å². The van der Waals surface area contributed by atoms with E-state index in [1.807, 2.05) is 59.5 Å². The second-order valence-corrected chi connectivity index (χ2v) is 11.9. The van der Waals surface area contributed by atoms with Crippen LogP contribution in [0, 0.1) is 0 Å². The molecule has 2 amide bonds. The highest BCUT2D eigenvalue weighted by Crippen LogP contribution is 2.30. The number of carbonyl (C=O) groups is 2. The van der Waals surface area contributed by atoms with Crippen LogP contribution in [-0.2, 0) is 9.84 Å². The average molecular weight is 548 g/mol. The maximum atomic E-state index is 13.1.